The number of nitrogens with zero attached hydrogens (tertiary/aromatic N) is 1. The third kappa shape index (κ3) is 2.89. The van der Waals surface area contributed by atoms with Gasteiger partial charge in [-0.05, 0) is 17.0 Å². The van der Waals surface area contributed by atoms with E-state index in [1.165, 1.54) is 16.9 Å². The van der Waals surface area contributed by atoms with Gasteiger partial charge in [0.1, 0.15) is 10.7 Å². The zero-order valence-corrected chi connectivity index (χ0v) is 14.9. The van der Waals surface area contributed by atoms with Crippen molar-refractivity contribution >= 4 is 21.6 Å². The molecule has 0 unspecified atom stereocenters. The van der Waals surface area contributed by atoms with Gasteiger partial charge < -0.3 is 4.98 Å². The van der Waals surface area contributed by atoms with E-state index in [1.807, 2.05) is 35.7 Å². The SMILES string of the molecule is CC(C)c1ccc(-c2csc3nc(-c4ccccc4)[nH]c(=O)c23)cc1. The molecule has 2 heterocycles. The minimum atomic E-state index is -0.0898. The molecule has 0 amide bonds. The van der Waals surface area contributed by atoms with E-state index in [-0.39, 0.29) is 5.56 Å². The second-order valence-corrected chi connectivity index (χ2v) is 7.24. The fourth-order valence-corrected chi connectivity index (χ4v) is 3.89. The Bertz CT molecular complexity index is 1080. The Balaban J connectivity index is 1.83. The normalized spacial score (nSPS) is 11.3. The molecule has 0 saturated heterocycles. The van der Waals surface area contributed by atoms with E-state index in [0.717, 1.165) is 21.5 Å². The van der Waals surface area contributed by atoms with Crippen molar-refractivity contribution in [2.45, 2.75) is 19.8 Å². The van der Waals surface area contributed by atoms with Gasteiger partial charge in [0.2, 0.25) is 0 Å². The number of aromatic nitrogens is 2. The molecular formula is C21H18N2OS. The fraction of sp³-hybridized carbons (Fsp3) is 0.143. The van der Waals surface area contributed by atoms with Crippen LogP contribution in [0.4, 0.5) is 0 Å². The summed E-state index contributed by atoms with van der Waals surface area (Å²) in [6, 6.07) is 18.2. The summed E-state index contributed by atoms with van der Waals surface area (Å²) in [5, 5.41) is 2.69. The highest BCUT2D eigenvalue weighted by Gasteiger charge is 2.13. The van der Waals surface area contributed by atoms with Gasteiger partial charge >= 0.3 is 0 Å². The van der Waals surface area contributed by atoms with Gasteiger partial charge in [-0.25, -0.2) is 4.98 Å². The van der Waals surface area contributed by atoms with Crippen molar-refractivity contribution < 1.29 is 0 Å². The van der Waals surface area contributed by atoms with Crippen molar-refractivity contribution in [3.63, 3.8) is 0 Å². The van der Waals surface area contributed by atoms with E-state index >= 15 is 0 Å². The number of hydrogen-bond donors (Lipinski definition) is 1. The summed E-state index contributed by atoms with van der Waals surface area (Å²) >= 11 is 1.51. The molecule has 0 aliphatic carbocycles. The Morgan fingerprint density at radius 1 is 0.960 bits per heavy atom. The first-order valence-corrected chi connectivity index (χ1v) is 9.18. The second-order valence-electron chi connectivity index (χ2n) is 6.39. The molecule has 0 radical (unpaired) electrons. The third-order valence-electron chi connectivity index (χ3n) is 4.38. The average Bonchev–Trinajstić information content (AvgIpc) is 3.07. The number of hydrogen-bond acceptors (Lipinski definition) is 3. The van der Waals surface area contributed by atoms with Crippen molar-refractivity contribution in [1.82, 2.24) is 9.97 Å². The smallest absolute Gasteiger partial charge is 0.260 e. The van der Waals surface area contributed by atoms with Gasteiger partial charge in [-0.15, -0.1) is 11.3 Å². The average molecular weight is 346 g/mol. The molecule has 0 aliphatic rings. The van der Waals surface area contributed by atoms with Gasteiger partial charge in [-0.2, -0.15) is 0 Å². The quantitative estimate of drug-likeness (QED) is 0.537. The third-order valence-corrected chi connectivity index (χ3v) is 5.25. The van der Waals surface area contributed by atoms with Gasteiger partial charge in [-0.1, -0.05) is 68.4 Å². The molecule has 0 saturated carbocycles. The zero-order valence-electron chi connectivity index (χ0n) is 14.1. The lowest BCUT2D eigenvalue weighted by Gasteiger charge is -2.06. The summed E-state index contributed by atoms with van der Waals surface area (Å²) in [4.78, 5) is 21.1. The van der Waals surface area contributed by atoms with E-state index in [0.29, 0.717) is 17.1 Å². The Kier molecular flexibility index (Phi) is 3.98. The van der Waals surface area contributed by atoms with Crippen LogP contribution in [0.1, 0.15) is 25.3 Å². The molecule has 1 N–H and O–H groups in total. The van der Waals surface area contributed by atoms with Gasteiger partial charge in [0.25, 0.3) is 5.56 Å². The van der Waals surface area contributed by atoms with E-state index in [1.54, 1.807) is 0 Å². The fourth-order valence-electron chi connectivity index (χ4n) is 2.94. The molecule has 0 bridgehead atoms. The predicted molar refractivity (Wildman–Crippen MR) is 105 cm³/mol. The van der Waals surface area contributed by atoms with Crippen molar-refractivity contribution in [3.05, 3.63) is 75.9 Å². The lowest BCUT2D eigenvalue weighted by molar-refractivity contribution is 0.867. The molecule has 4 rings (SSSR count). The van der Waals surface area contributed by atoms with Crippen LogP contribution in [0, 0.1) is 0 Å². The number of H-pyrrole nitrogens is 1. The standard InChI is InChI=1S/C21H18N2OS/c1-13(2)14-8-10-15(11-9-14)17-12-25-21-18(17)20(24)22-19(23-21)16-6-4-3-5-7-16/h3-13H,1-2H3,(H,22,23,24). The summed E-state index contributed by atoms with van der Waals surface area (Å²) in [6.07, 6.45) is 0. The van der Waals surface area contributed by atoms with Gasteiger partial charge in [0.05, 0.1) is 5.39 Å². The minimum Gasteiger partial charge on any atom is -0.306 e. The van der Waals surface area contributed by atoms with E-state index in [9.17, 15) is 4.79 Å². The van der Waals surface area contributed by atoms with Crippen LogP contribution in [0.2, 0.25) is 0 Å². The van der Waals surface area contributed by atoms with E-state index in [2.05, 4.69) is 48.1 Å². The summed E-state index contributed by atoms with van der Waals surface area (Å²) in [6.45, 7) is 4.35. The summed E-state index contributed by atoms with van der Waals surface area (Å²) < 4.78 is 0. The Morgan fingerprint density at radius 2 is 1.68 bits per heavy atom. The topological polar surface area (TPSA) is 45.8 Å². The van der Waals surface area contributed by atoms with Crippen molar-refractivity contribution in [3.8, 4) is 22.5 Å². The Labute approximate surface area is 150 Å². The van der Waals surface area contributed by atoms with Crippen LogP contribution in [0.25, 0.3) is 32.7 Å². The van der Waals surface area contributed by atoms with Gasteiger partial charge in [0.15, 0.2) is 0 Å². The molecule has 0 spiro atoms. The van der Waals surface area contributed by atoms with E-state index in [4.69, 9.17) is 0 Å². The molecule has 124 valence electrons. The minimum absolute atomic E-state index is 0.0898. The Morgan fingerprint density at radius 3 is 2.36 bits per heavy atom. The highest BCUT2D eigenvalue weighted by molar-refractivity contribution is 7.17. The van der Waals surface area contributed by atoms with Crippen LogP contribution in [0.3, 0.4) is 0 Å². The van der Waals surface area contributed by atoms with Gasteiger partial charge in [0, 0.05) is 16.5 Å². The molecule has 25 heavy (non-hydrogen) atoms. The van der Waals surface area contributed by atoms with Crippen molar-refractivity contribution in [2.24, 2.45) is 0 Å². The van der Waals surface area contributed by atoms with E-state index < -0.39 is 0 Å². The highest BCUT2D eigenvalue weighted by atomic mass is 32.1. The van der Waals surface area contributed by atoms with Crippen LogP contribution in [0.5, 0.6) is 0 Å². The molecule has 4 aromatic rings. The highest BCUT2D eigenvalue weighted by Crippen LogP contribution is 2.32. The summed E-state index contributed by atoms with van der Waals surface area (Å²) in [5.74, 6) is 1.11. The number of nitrogens with one attached hydrogen (secondary N) is 1. The van der Waals surface area contributed by atoms with Crippen LogP contribution in [0.15, 0.2) is 64.8 Å². The molecule has 2 aromatic heterocycles. The second kappa shape index (κ2) is 6.30. The lowest BCUT2D eigenvalue weighted by Crippen LogP contribution is -2.08. The molecule has 0 aliphatic heterocycles. The largest absolute Gasteiger partial charge is 0.306 e. The molecular weight excluding hydrogens is 328 g/mol. The molecule has 4 heteroatoms. The molecule has 0 atom stereocenters. The van der Waals surface area contributed by atoms with Crippen LogP contribution >= 0.6 is 11.3 Å². The summed E-state index contributed by atoms with van der Waals surface area (Å²) in [7, 11) is 0. The van der Waals surface area contributed by atoms with Gasteiger partial charge in [-0.3, -0.25) is 4.79 Å². The maximum Gasteiger partial charge on any atom is 0.260 e. The van der Waals surface area contributed by atoms with Crippen LogP contribution in [-0.4, -0.2) is 9.97 Å². The summed E-state index contributed by atoms with van der Waals surface area (Å²) in [5.41, 5.74) is 4.12. The lowest BCUT2D eigenvalue weighted by atomic mass is 9.99. The predicted octanol–water partition coefficient (Wildman–Crippen LogP) is 5.44. The monoisotopic (exact) mass is 346 g/mol. The van der Waals surface area contributed by atoms with Crippen molar-refractivity contribution in [1.29, 1.82) is 0 Å². The molecule has 0 fully saturated rings. The first-order chi connectivity index (χ1) is 12.1. The van der Waals surface area contributed by atoms with Crippen molar-refractivity contribution in [2.75, 3.05) is 0 Å². The Hall–Kier alpha value is -2.72. The number of aromatic amines is 1. The first-order valence-electron chi connectivity index (χ1n) is 8.31. The molecule has 2 aromatic carbocycles. The number of fused-ring (bicyclic) bond motifs is 1. The first kappa shape index (κ1) is 15.8. The maximum absolute atomic E-state index is 12.7. The zero-order chi connectivity index (χ0) is 17.4. The number of thiophene rings is 1. The molecule has 3 nitrogen and oxygen atoms in total. The number of rotatable bonds is 3. The van der Waals surface area contributed by atoms with Crippen LogP contribution < -0.4 is 5.56 Å². The number of benzene rings is 2. The van der Waals surface area contributed by atoms with Crippen LogP contribution in [-0.2, 0) is 0 Å². The maximum atomic E-state index is 12.7.